The summed E-state index contributed by atoms with van der Waals surface area (Å²) in [6.07, 6.45) is 8.83. The van der Waals surface area contributed by atoms with Crippen molar-refractivity contribution in [2.45, 2.75) is 76.0 Å². The van der Waals surface area contributed by atoms with Crippen LogP contribution >= 0.6 is 0 Å². The van der Waals surface area contributed by atoms with E-state index in [4.69, 9.17) is 4.74 Å². The minimum atomic E-state index is -3.87. The number of rotatable bonds is 6. The molecular formula is C25H39N3O5S. The fourth-order valence-corrected chi connectivity index (χ4v) is 6.47. The summed E-state index contributed by atoms with van der Waals surface area (Å²) in [6, 6.07) is 4.51. The second-order valence-corrected chi connectivity index (χ2v) is 11.5. The van der Waals surface area contributed by atoms with Crippen LogP contribution in [0.15, 0.2) is 29.2 Å². The molecule has 190 valence electrons. The Bertz CT molecular complexity index is 975. The van der Waals surface area contributed by atoms with E-state index in [0.29, 0.717) is 6.54 Å². The zero-order chi connectivity index (χ0) is 24.9. The molecule has 9 heteroatoms. The van der Waals surface area contributed by atoms with Crippen molar-refractivity contribution >= 4 is 22.1 Å². The number of fused-ring (bicyclic) bond motifs is 1. The minimum Gasteiger partial charge on any atom is -0.487 e. The summed E-state index contributed by atoms with van der Waals surface area (Å²) < 4.78 is 34.7. The first-order chi connectivity index (χ1) is 16.2. The SMILES string of the molecule is C/C=C/c1ccc2c(c1)O[C@@H](CN(C)C(=O)NC1CCCCC1)[C@H](C)CN([C@H](C)CO)S2(=O)=O. The van der Waals surface area contributed by atoms with Crippen LogP contribution in [0, 0.1) is 5.92 Å². The number of likely N-dealkylation sites (N-methyl/N-ethyl adjacent to an activating group) is 1. The Balaban J connectivity index is 1.89. The van der Waals surface area contributed by atoms with Crippen molar-refractivity contribution in [1.82, 2.24) is 14.5 Å². The van der Waals surface area contributed by atoms with E-state index < -0.39 is 22.2 Å². The molecular weight excluding hydrogens is 454 g/mol. The maximum atomic E-state index is 13.5. The lowest BCUT2D eigenvalue weighted by atomic mass is 9.96. The third kappa shape index (κ3) is 6.12. The average molecular weight is 494 g/mol. The number of benzene rings is 1. The minimum absolute atomic E-state index is 0.0762. The van der Waals surface area contributed by atoms with Crippen molar-refractivity contribution in [2.24, 2.45) is 5.92 Å². The monoisotopic (exact) mass is 493 g/mol. The third-order valence-corrected chi connectivity index (χ3v) is 8.80. The summed E-state index contributed by atoms with van der Waals surface area (Å²) in [6.45, 7) is 5.72. The molecule has 1 aromatic rings. The van der Waals surface area contributed by atoms with Gasteiger partial charge in [-0.05, 0) is 44.4 Å². The Morgan fingerprint density at radius 1 is 1.32 bits per heavy atom. The van der Waals surface area contributed by atoms with Crippen LogP contribution in [0.2, 0.25) is 0 Å². The van der Waals surface area contributed by atoms with Crippen LogP contribution in [0.4, 0.5) is 4.79 Å². The Kier molecular flexibility index (Phi) is 9.01. The second-order valence-electron chi connectivity index (χ2n) is 9.61. The molecule has 0 radical (unpaired) electrons. The molecule has 0 spiro atoms. The highest BCUT2D eigenvalue weighted by atomic mass is 32.2. The van der Waals surface area contributed by atoms with Gasteiger partial charge in [-0.2, -0.15) is 4.31 Å². The Morgan fingerprint density at radius 2 is 2.03 bits per heavy atom. The number of nitrogens with zero attached hydrogens (tertiary/aromatic N) is 2. The van der Waals surface area contributed by atoms with Gasteiger partial charge in [0.05, 0.1) is 13.2 Å². The van der Waals surface area contributed by atoms with Crippen molar-refractivity contribution in [1.29, 1.82) is 0 Å². The number of amides is 2. The predicted molar refractivity (Wildman–Crippen MR) is 133 cm³/mol. The summed E-state index contributed by atoms with van der Waals surface area (Å²) in [5.41, 5.74) is 0.827. The predicted octanol–water partition coefficient (Wildman–Crippen LogP) is 3.46. The lowest BCUT2D eigenvalue weighted by molar-refractivity contribution is 0.0806. The molecule has 2 aliphatic rings. The van der Waals surface area contributed by atoms with Gasteiger partial charge < -0.3 is 20.1 Å². The van der Waals surface area contributed by atoms with Crippen molar-refractivity contribution in [3.05, 3.63) is 29.8 Å². The van der Waals surface area contributed by atoms with Gasteiger partial charge >= 0.3 is 6.03 Å². The summed E-state index contributed by atoms with van der Waals surface area (Å²) >= 11 is 0. The standard InChI is InChI=1S/C25H39N3O5S/c1-5-9-20-12-13-24-22(14-20)33-23(18(2)15-28(19(3)17-29)34(24,31)32)16-27(4)25(30)26-21-10-7-6-8-11-21/h5,9,12-14,18-19,21,23,29H,6-8,10-11,15-17H2,1-4H3,(H,26,30)/b9-5+/t18-,19-,23+/m1/s1. The van der Waals surface area contributed by atoms with Gasteiger partial charge in [0.15, 0.2) is 0 Å². The maximum Gasteiger partial charge on any atom is 0.317 e. The quantitative estimate of drug-likeness (QED) is 0.632. The smallest absolute Gasteiger partial charge is 0.317 e. The first-order valence-corrected chi connectivity index (χ1v) is 13.7. The van der Waals surface area contributed by atoms with Crippen LogP contribution in [0.25, 0.3) is 6.08 Å². The molecule has 1 aromatic carbocycles. The number of sulfonamides is 1. The van der Waals surface area contributed by atoms with Crippen LogP contribution in [-0.2, 0) is 10.0 Å². The van der Waals surface area contributed by atoms with E-state index in [2.05, 4.69) is 5.32 Å². The molecule has 1 aliphatic heterocycles. The molecule has 3 atom stereocenters. The van der Waals surface area contributed by atoms with Crippen LogP contribution in [0.3, 0.4) is 0 Å². The molecule has 0 unspecified atom stereocenters. The number of carbonyl (C=O) groups is 1. The maximum absolute atomic E-state index is 13.5. The molecule has 2 N–H and O–H groups in total. The van der Waals surface area contributed by atoms with Crippen LogP contribution < -0.4 is 10.1 Å². The van der Waals surface area contributed by atoms with Crippen molar-refractivity contribution in [2.75, 3.05) is 26.7 Å². The highest BCUT2D eigenvalue weighted by Crippen LogP contribution is 2.34. The van der Waals surface area contributed by atoms with Crippen molar-refractivity contribution in [3.8, 4) is 5.75 Å². The Morgan fingerprint density at radius 3 is 2.68 bits per heavy atom. The van der Waals surface area contributed by atoms with Gasteiger partial charge in [0.25, 0.3) is 0 Å². The van der Waals surface area contributed by atoms with E-state index in [0.717, 1.165) is 31.2 Å². The number of urea groups is 1. The summed E-state index contributed by atoms with van der Waals surface area (Å²) in [5.74, 6) is 0.0515. The van der Waals surface area contributed by atoms with Gasteiger partial charge in [0, 0.05) is 31.6 Å². The number of aliphatic hydroxyl groups excluding tert-OH is 1. The molecule has 2 amide bonds. The molecule has 1 fully saturated rings. The number of hydrogen-bond donors (Lipinski definition) is 2. The molecule has 0 bridgehead atoms. The number of hydrogen-bond acceptors (Lipinski definition) is 5. The van der Waals surface area contributed by atoms with Gasteiger partial charge in [0.1, 0.15) is 16.7 Å². The Hall–Kier alpha value is -2.10. The highest BCUT2D eigenvalue weighted by Gasteiger charge is 2.38. The molecule has 1 heterocycles. The molecule has 8 nitrogen and oxygen atoms in total. The van der Waals surface area contributed by atoms with E-state index in [1.54, 1.807) is 37.1 Å². The van der Waals surface area contributed by atoms with Crippen LogP contribution in [0.1, 0.15) is 58.4 Å². The fourth-order valence-electron chi connectivity index (χ4n) is 4.64. The fraction of sp³-hybridized carbons (Fsp3) is 0.640. The van der Waals surface area contributed by atoms with Gasteiger partial charge in [-0.1, -0.05) is 44.4 Å². The zero-order valence-electron chi connectivity index (χ0n) is 20.7. The van der Waals surface area contributed by atoms with E-state index in [1.807, 2.05) is 26.0 Å². The lowest BCUT2D eigenvalue weighted by Crippen LogP contribution is -2.52. The van der Waals surface area contributed by atoms with E-state index in [1.165, 1.54) is 10.7 Å². The van der Waals surface area contributed by atoms with Crippen molar-refractivity contribution in [3.63, 3.8) is 0 Å². The molecule has 1 saturated carbocycles. The molecule has 0 aromatic heterocycles. The number of allylic oxidation sites excluding steroid dienone is 1. The second kappa shape index (κ2) is 11.6. The summed E-state index contributed by atoms with van der Waals surface area (Å²) in [5, 5.41) is 12.9. The summed E-state index contributed by atoms with van der Waals surface area (Å²) in [4.78, 5) is 14.6. The molecule has 1 aliphatic carbocycles. The first kappa shape index (κ1) is 26.5. The van der Waals surface area contributed by atoms with Gasteiger partial charge in [-0.15, -0.1) is 0 Å². The number of aliphatic hydroxyl groups is 1. The van der Waals surface area contributed by atoms with E-state index in [9.17, 15) is 18.3 Å². The molecule has 3 rings (SSSR count). The summed E-state index contributed by atoms with van der Waals surface area (Å²) in [7, 11) is -2.13. The first-order valence-electron chi connectivity index (χ1n) is 12.2. The third-order valence-electron chi connectivity index (χ3n) is 6.78. The van der Waals surface area contributed by atoms with Crippen LogP contribution in [-0.4, -0.2) is 73.7 Å². The van der Waals surface area contributed by atoms with Gasteiger partial charge in [0.2, 0.25) is 10.0 Å². The van der Waals surface area contributed by atoms with Gasteiger partial charge in [-0.25, -0.2) is 13.2 Å². The number of nitrogens with one attached hydrogen (secondary N) is 1. The highest BCUT2D eigenvalue weighted by molar-refractivity contribution is 7.89. The van der Waals surface area contributed by atoms with E-state index >= 15 is 0 Å². The number of carbonyl (C=O) groups excluding carboxylic acids is 1. The number of ether oxygens (including phenoxy) is 1. The molecule has 0 saturated heterocycles. The normalized spacial score (nSPS) is 24.5. The van der Waals surface area contributed by atoms with Crippen molar-refractivity contribution < 1.29 is 23.1 Å². The Labute approximate surface area is 204 Å². The lowest BCUT2D eigenvalue weighted by Gasteiger charge is -2.37. The van der Waals surface area contributed by atoms with Crippen LogP contribution in [0.5, 0.6) is 5.75 Å². The topological polar surface area (TPSA) is 99.2 Å². The zero-order valence-corrected chi connectivity index (χ0v) is 21.6. The average Bonchev–Trinajstić information content (AvgIpc) is 2.81. The largest absolute Gasteiger partial charge is 0.487 e. The molecule has 34 heavy (non-hydrogen) atoms. The van der Waals surface area contributed by atoms with Gasteiger partial charge in [-0.3, -0.25) is 0 Å². The van der Waals surface area contributed by atoms with E-state index in [-0.39, 0.29) is 41.8 Å².